The standard InChI is InChI=1S/C16H16O2/c1-11-5-4-6-16(13(11)3)18-15-8-7-14(10-17)9-12(15)2/h4-10H,1-3H3. The summed E-state index contributed by atoms with van der Waals surface area (Å²) in [4.78, 5) is 10.7. The average molecular weight is 240 g/mol. The van der Waals surface area contributed by atoms with Crippen molar-refractivity contribution in [2.45, 2.75) is 20.8 Å². The molecule has 0 fully saturated rings. The Morgan fingerprint density at radius 2 is 1.72 bits per heavy atom. The fourth-order valence-electron chi connectivity index (χ4n) is 1.81. The summed E-state index contributed by atoms with van der Waals surface area (Å²) in [5.74, 6) is 1.64. The van der Waals surface area contributed by atoms with Gasteiger partial charge in [0.05, 0.1) is 0 Å². The molecule has 0 heterocycles. The van der Waals surface area contributed by atoms with Crippen LogP contribution < -0.4 is 4.74 Å². The second-order valence-electron chi connectivity index (χ2n) is 4.44. The van der Waals surface area contributed by atoms with Gasteiger partial charge in [0, 0.05) is 5.56 Å². The van der Waals surface area contributed by atoms with E-state index in [0.29, 0.717) is 5.56 Å². The van der Waals surface area contributed by atoms with Crippen molar-refractivity contribution in [3.05, 3.63) is 58.7 Å². The van der Waals surface area contributed by atoms with E-state index in [4.69, 9.17) is 4.74 Å². The van der Waals surface area contributed by atoms with Crippen molar-refractivity contribution in [2.75, 3.05) is 0 Å². The van der Waals surface area contributed by atoms with Crippen LogP contribution in [0.25, 0.3) is 0 Å². The second-order valence-corrected chi connectivity index (χ2v) is 4.44. The summed E-state index contributed by atoms with van der Waals surface area (Å²) in [7, 11) is 0. The fraction of sp³-hybridized carbons (Fsp3) is 0.188. The van der Waals surface area contributed by atoms with Gasteiger partial charge in [-0.05, 0) is 61.7 Å². The van der Waals surface area contributed by atoms with Crippen LogP contribution in [0.15, 0.2) is 36.4 Å². The molecule has 0 N–H and O–H groups in total. The molecule has 0 unspecified atom stereocenters. The van der Waals surface area contributed by atoms with Gasteiger partial charge in [0.2, 0.25) is 0 Å². The van der Waals surface area contributed by atoms with Crippen LogP contribution in [0.2, 0.25) is 0 Å². The zero-order valence-corrected chi connectivity index (χ0v) is 10.9. The fourth-order valence-corrected chi connectivity index (χ4v) is 1.81. The zero-order valence-electron chi connectivity index (χ0n) is 10.9. The number of aldehydes is 1. The van der Waals surface area contributed by atoms with Crippen molar-refractivity contribution >= 4 is 6.29 Å². The third-order valence-corrected chi connectivity index (χ3v) is 3.11. The molecule has 2 aromatic rings. The monoisotopic (exact) mass is 240 g/mol. The lowest BCUT2D eigenvalue weighted by Gasteiger charge is -2.12. The van der Waals surface area contributed by atoms with Crippen LogP contribution in [0.3, 0.4) is 0 Å². The first-order valence-electron chi connectivity index (χ1n) is 5.91. The van der Waals surface area contributed by atoms with Crippen LogP contribution in [0.4, 0.5) is 0 Å². The van der Waals surface area contributed by atoms with Crippen molar-refractivity contribution in [2.24, 2.45) is 0 Å². The van der Waals surface area contributed by atoms with Crippen molar-refractivity contribution < 1.29 is 9.53 Å². The highest BCUT2D eigenvalue weighted by molar-refractivity contribution is 5.75. The van der Waals surface area contributed by atoms with Gasteiger partial charge in [0.15, 0.2) is 0 Å². The third kappa shape index (κ3) is 2.43. The highest BCUT2D eigenvalue weighted by Gasteiger charge is 2.06. The van der Waals surface area contributed by atoms with Crippen LogP contribution in [0, 0.1) is 20.8 Å². The second kappa shape index (κ2) is 5.05. The van der Waals surface area contributed by atoms with E-state index in [0.717, 1.165) is 28.9 Å². The minimum Gasteiger partial charge on any atom is -0.457 e. The molecule has 0 bridgehead atoms. The summed E-state index contributed by atoms with van der Waals surface area (Å²) in [5.41, 5.74) is 3.97. The van der Waals surface area contributed by atoms with Crippen molar-refractivity contribution in [3.63, 3.8) is 0 Å². The summed E-state index contributed by atoms with van der Waals surface area (Å²) in [6.45, 7) is 6.04. The Hall–Kier alpha value is -2.09. The van der Waals surface area contributed by atoms with Crippen LogP contribution in [0.1, 0.15) is 27.0 Å². The maximum atomic E-state index is 10.7. The average Bonchev–Trinajstić information content (AvgIpc) is 2.37. The molecule has 2 nitrogen and oxygen atoms in total. The Bertz CT molecular complexity index is 586. The van der Waals surface area contributed by atoms with Gasteiger partial charge < -0.3 is 4.74 Å². The maximum absolute atomic E-state index is 10.7. The maximum Gasteiger partial charge on any atom is 0.150 e. The number of carbonyl (C=O) groups excluding carboxylic acids is 1. The largest absolute Gasteiger partial charge is 0.457 e. The van der Waals surface area contributed by atoms with Gasteiger partial charge in [-0.3, -0.25) is 4.79 Å². The molecule has 0 aromatic heterocycles. The van der Waals surface area contributed by atoms with Crippen molar-refractivity contribution in [1.82, 2.24) is 0 Å². The Morgan fingerprint density at radius 3 is 2.39 bits per heavy atom. The molecule has 0 aliphatic rings. The van der Waals surface area contributed by atoms with Gasteiger partial charge in [-0.2, -0.15) is 0 Å². The summed E-state index contributed by atoms with van der Waals surface area (Å²) in [6, 6.07) is 11.4. The summed E-state index contributed by atoms with van der Waals surface area (Å²) < 4.78 is 5.90. The SMILES string of the molecule is Cc1cc(C=O)ccc1Oc1cccc(C)c1C. The first-order valence-corrected chi connectivity index (χ1v) is 5.91. The number of ether oxygens (including phenoxy) is 1. The quantitative estimate of drug-likeness (QED) is 0.751. The lowest BCUT2D eigenvalue weighted by molar-refractivity contribution is 0.112. The molecule has 0 atom stereocenters. The summed E-state index contributed by atoms with van der Waals surface area (Å²) in [6.07, 6.45) is 0.842. The summed E-state index contributed by atoms with van der Waals surface area (Å²) in [5, 5.41) is 0. The minimum atomic E-state index is 0.667. The van der Waals surface area contributed by atoms with Crippen molar-refractivity contribution in [1.29, 1.82) is 0 Å². The van der Waals surface area contributed by atoms with Gasteiger partial charge in [-0.25, -0.2) is 0 Å². The van der Waals surface area contributed by atoms with E-state index in [9.17, 15) is 4.79 Å². The van der Waals surface area contributed by atoms with E-state index in [2.05, 4.69) is 13.0 Å². The number of benzene rings is 2. The molecule has 92 valence electrons. The first-order chi connectivity index (χ1) is 8.61. The molecule has 2 rings (SSSR count). The van der Waals surface area contributed by atoms with E-state index < -0.39 is 0 Å². The first kappa shape index (κ1) is 12.4. The van der Waals surface area contributed by atoms with Crippen LogP contribution in [0.5, 0.6) is 11.5 Å². The molecule has 0 aliphatic carbocycles. The molecule has 18 heavy (non-hydrogen) atoms. The minimum absolute atomic E-state index is 0.667. The molecule has 0 spiro atoms. The van der Waals surface area contributed by atoms with Crippen LogP contribution in [-0.4, -0.2) is 6.29 Å². The van der Waals surface area contributed by atoms with Gasteiger partial charge >= 0.3 is 0 Å². The molecular formula is C16H16O2. The molecule has 2 aromatic carbocycles. The topological polar surface area (TPSA) is 26.3 Å². The lowest BCUT2D eigenvalue weighted by atomic mass is 10.1. The van der Waals surface area contributed by atoms with Gasteiger partial charge in [-0.15, -0.1) is 0 Å². The number of aryl methyl sites for hydroxylation is 2. The molecule has 0 saturated heterocycles. The molecular weight excluding hydrogens is 224 g/mol. The van der Waals surface area contributed by atoms with Gasteiger partial charge in [0.25, 0.3) is 0 Å². The van der Waals surface area contributed by atoms with Crippen LogP contribution >= 0.6 is 0 Å². The Morgan fingerprint density at radius 1 is 0.944 bits per heavy atom. The van der Waals surface area contributed by atoms with Gasteiger partial charge in [0.1, 0.15) is 17.8 Å². The molecule has 0 amide bonds. The zero-order chi connectivity index (χ0) is 13.1. The Kier molecular flexibility index (Phi) is 3.47. The predicted molar refractivity (Wildman–Crippen MR) is 72.6 cm³/mol. The highest BCUT2D eigenvalue weighted by Crippen LogP contribution is 2.29. The summed E-state index contributed by atoms with van der Waals surface area (Å²) >= 11 is 0. The Labute approximate surface area is 107 Å². The molecule has 0 radical (unpaired) electrons. The molecule has 0 aliphatic heterocycles. The molecule has 0 saturated carbocycles. The van der Waals surface area contributed by atoms with E-state index in [1.165, 1.54) is 5.56 Å². The Balaban J connectivity index is 2.34. The normalized spacial score (nSPS) is 10.2. The smallest absolute Gasteiger partial charge is 0.150 e. The van der Waals surface area contributed by atoms with E-state index in [-0.39, 0.29) is 0 Å². The van der Waals surface area contributed by atoms with Crippen molar-refractivity contribution in [3.8, 4) is 11.5 Å². The number of hydrogen-bond acceptors (Lipinski definition) is 2. The number of hydrogen-bond donors (Lipinski definition) is 0. The highest BCUT2D eigenvalue weighted by atomic mass is 16.5. The predicted octanol–water partition coefficient (Wildman–Crippen LogP) is 4.22. The van der Waals surface area contributed by atoms with E-state index >= 15 is 0 Å². The van der Waals surface area contributed by atoms with Crippen LogP contribution in [-0.2, 0) is 0 Å². The van der Waals surface area contributed by atoms with Gasteiger partial charge in [-0.1, -0.05) is 12.1 Å². The van der Waals surface area contributed by atoms with E-state index in [1.54, 1.807) is 6.07 Å². The third-order valence-electron chi connectivity index (χ3n) is 3.11. The van der Waals surface area contributed by atoms with E-state index in [1.807, 2.05) is 38.1 Å². The number of carbonyl (C=O) groups is 1. The molecule has 2 heteroatoms. The lowest BCUT2D eigenvalue weighted by Crippen LogP contribution is -1.92. The number of rotatable bonds is 3.